The molecule has 1 amide bonds. The van der Waals surface area contributed by atoms with Gasteiger partial charge >= 0.3 is 0 Å². The Morgan fingerprint density at radius 1 is 1.53 bits per heavy atom. The Hall–Kier alpha value is -0.840. The van der Waals surface area contributed by atoms with Gasteiger partial charge in [0.2, 0.25) is 0 Å². The lowest BCUT2D eigenvalue weighted by Gasteiger charge is -2.28. The second-order valence-electron chi connectivity index (χ2n) is 6.07. The number of aromatic nitrogens is 2. The molecule has 0 aliphatic heterocycles. The lowest BCUT2D eigenvalue weighted by Crippen LogP contribution is -2.40. The van der Waals surface area contributed by atoms with Crippen molar-refractivity contribution in [3.8, 4) is 0 Å². The molecule has 104 valence electrons. The van der Waals surface area contributed by atoms with E-state index >= 15 is 0 Å². The Bertz CT molecular complexity index is 479. The first-order valence-corrected chi connectivity index (χ1v) is 7.84. The van der Waals surface area contributed by atoms with Crippen molar-refractivity contribution in [3.63, 3.8) is 0 Å². The number of rotatable bonds is 3. The molecule has 0 aromatic carbocycles. The number of hydrogen-bond donors (Lipinski definition) is 1. The number of amides is 1. The molecule has 1 N–H and O–H groups in total. The minimum Gasteiger partial charge on any atom is -0.348 e. The number of fused-ring (bicyclic) bond motifs is 2. The molecule has 2 aliphatic carbocycles. The van der Waals surface area contributed by atoms with Crippen molar-refractivity contribution in [2.75, 3.05) is 0 Å². The highest BCUT2D eigenvalue weighted by Crippen LogP contribution is 2.49. The van der Waals surface area contributed by atoms with Crippen LogP contribution in [0.1, 0.15) is 43.1 Å². The predicted molar refractivity (Wildman–Crippen MR) is 76.8 cm³/mol. The van der Waals surface area contributed by atoms with Crippen LogP contribution < -0.4 is 5.32 Å². The number of hydrogen-bond acceptors (Lipinski definition) is 2. The van der Waals surface area contributed by atoms with Crippen LogP contribution in [0.3, 0.4) is 0 Å². The lowest BCUT2D eigenvalue weighted by molar-refractivity contribution is 0.0905. The maximum Gasteiger partial charge on any atom is 0.270 e. The van der Waals surface area contributed by atoms with Gasteiger partial charge in [-0.05, 0) is 59.9 Å². The summed E-state index contributed by atoms with van der Waals surface area (Å²) < 4.78 is 2.38. The Labute approximate surface area is 122 Å². The number of halogens is 1. The Balaban J connectivity index is 1.67. The third kappa shape index (κ3) is 2.33. The quantitative estimate of drug-likeness (QED) is 0.928. The maximum atomic E-state index is 12.3. The van der Waals surface area contributed by atoms with Crippen LogP contribution in [-0.4, -0.2) is 21.7 Å². The van der Waals surface area contributed by atoms with E-state index in [-0.39, 0.29) is 11.9 Å². The van der Waals surface area contributed by atoms with Gasteiger partial charge in [-0.3, -0.25) is 9.48 Å². The maximum absolute atomic E-state index is 12.3. The number of carbonyl (C=O) groups is 1. The van der Waals surface area contributed by atoms with E-state index in [4.69, 9.17) is 0 Å². The van der Waals surface area contributed by atoms with Crippen LogP contribution in [0.2, 0.25) is 0 Å². The molecule has 0 saturated heterocycles. The first-order chi connectivity index (χ1) is 9.06. The molecule has 5 heteroatoms. The van der Waals surface area contributed by atoms with E-state index in [1.165, 1.54) is 25.7 Å². The summed E-state index contributed by atoms with van der Waals surface area (Å²) in [6.07, 6.45) is 7.08. The number of carbonyl (C=O) groups excluding carboxylic acids is 1. The van der Waals surface area contributed by atoms with E-state index in [0.717, 1.165) is 16.3 Å². The lowest BCUT2D eigenvalue weighted by atomic mass is 9.84. The van der Waals surface area contributed by atoms with E-state index in [0.29, 0.717) is 11.6 Å². The minimum absolute atomic E-state index is 0.0258. The summed E-state index contributed by atoms with van der Waals surface area (Å²) in [5.74, 6) is 2.38. The van der Waals surface area contributed by atoms with Gasteiger partial charge in [-0.2, -0.15) is 5.10 Å². The normalized spacial score (nSPS) is 30.6. The van der Waals surface area contributed by atoms with Gasteiger partial charge in [-0.1, -0.05) is 6.42 Å². The fourth-order valence-electron chi connectivity index (χ4n) is 3.95. The summed E-state index contributed by atoms with van der Waals surface area (Å²) in [5, 5.41) is 7.25. The summed E-state index contributed by atoms with van der Waals surface area (Å²) in [6, 6.07) is 0.254. The molecule has 0 spiro atoms. The average Bonchev–Trinajstić information content (AvgIpc) is 3.05. The molecule has 3 rings (SSSR count). The molecule has 4 nitrogen and oxygen atoms in total. The average molecular weight is 326 g/mol. The molecule has 0 unspecified atom stereocenters. The van der Waals surface area contributed by atoms with E-state index in [2.05, 4.69) is 33.3 Å². The van der Waals surface area contributed by atoms with Crippen molar-refractivity contribution in [2.24, 2.45) is 24.8 Å². The highest BCUT2D eigenvalue weighted by atomic mass is 79.9. The molecule has 2 aliphatic rings. The van der Waals surface area contributed by atoms with Crippen molar-refractivity contribution in [2.45, 2.75) is 38.6 Å². The van der Waals surface area contributed by atoms with Gasteiger partial charge in [0.25, 0.3) is 5.91 Å². The van der Waals surface area contributed by atoms with E-state index in [9.17, 15) is 4.79 Å². The summed E-state index contributed by atoms with van der Waals surface area (Å²) in [6.45, 7) is 2.15. The first-order valence-electron chi connectivity index (χ1n) is 7.04. The molecule has 2 bridgehead atoms. The fraction of sp³-hybridized carbons (Fsp3) is 0.714. The molecule has 2 fully saturated rings. The van der Waals surface area contributed by atoms with E-state index < -0.39 is 0 Å². The highest BCUT2D eigenvalue weighted by molar-refractivity contribution is 9.10. The molecule has 4 atom stereocenters. The summed E-state index contributed by atoms with van der Waals surface area (Å²) in [4.78, 5) is 12.3. The summed E-state index contributed by atoms with van der Waals surface area (Å²) in [5.41, 5.74) is 0.606. The molecular weight excluding hydrogens is 306 g/mol. The monoisotopic (exact) mass is 325 g/mol. The fourth-order valence-corrected chi connectivity index (χ4v) is 4.48. The van der Waals surface area contributed by atoms with Crippen LogP contribution in [-0.2, 0) is 7.05 Å². The largest absolute Gasteiger partial charge is 0.348 e. The summed E-state index contributed by atoms with van der Waals surface area (Å²) in [7, 11) is 1.79. The predicted octanol–water partition coefficient (Wildman–Crippen LogP) is 2.74. The smallest absolute Gasteiger partial charge is 0.270 e. The molecule has 1 aromatic heterocycles. The minimum atomic E-state index is -0.0258. The number of nitrogens with zero attached hydrogens (tertiary/aromatic N) is 2. The van der Waals surface area contributed by atoms with Gasteiger partial charge in [-0.15, -0.1) is 0 Å². The zero-order valence-electron chi connectivity index (χ0n) is 11.4. The van der Waals surface area contributed by atoms with E-state index in [1.807, 2.05) is 0 Å². The molecule has 2 saturated carbocycles. The van der Waals surface area contributed by atoms with Crippen molar-refractivity contribution in [1.82, 2.24) is 15.1 Å². The highest BCUT2D eigenvalue weighted by Gasteiger charge is 2.42. The second-order valence-corrected chi connectivity index (χ2v) is 6.92. The van der Waals surface area contributed by atoms with Gasteiger partial charge in [0.1, 0.15) is 5.69 Å². The third-order valence-electron chi connectivity index (χ3n) is 4.90. The topological polar surface area (TPSA) is 46.9 Å². The van der Waals surface area contributed by atoms with Crippen LogP contribution >= 0.6 is 15.9 Å². The molecule has 19 heavy (non-hydrogen) atoms. The van der Waals surface area contributed by atoms with Gasteiger partial charge in [0.05, 0.1) is 10.7 Å². The van der Waals surface area contributed by atoms with E-state index in [1.54, 1.807) is 17.9 Å². The Morgan fingerprint density at radius 3 is 2.84 bits per heavy atom. The van der Waals surface area contributed by atoms with Crippen LogP contribution in [0.15, 0.2) is 10.7 Å². The zero-order chi connectivity index (χ0) is 13.6. The zero-order valence-corrected chi connectivity index (χ0v) is 13.0. The Kier molecular flexibility index (Phi) is 3.41. The van der Waals surface area contributed by atoms with Gasteiger partial charge in [0, 0.05) is 13.1 Å². The second kappa shape index (κ2) is 4.93. The molecule has 1 aromatic rings. The van der Waals surface area contributed by atoms with Crippen molar-refractivity contribution >= 4 is 21.8 Å². The van der Waals surface area contributed by atoms with Crippen molar-refractivity contribution < 1.29 is 4.79 Å². The van der Waals surface area contributed by atoms with Crippen LogP contribution in [0.5, 0.6) is 0 Å². The Morgan fingerprint density at radius 2 is 2.32 bits per heavy atom. The number of nitrogens with one attached hydrogen (secondary N) is 1. The van der Waals surface area contributed by atoms with Gasteiger partial charge in [-0.25, -0.2) is 0 Å². The standard InChI is InChI=1S/C14H20BrN3O/c1-8(11-6-9-3-4-10(11)5-9)17-14(19)13-12(15)7-16-18(13)2/h7-11H,3-6H2,1-2H3,(H,17,19)/t8-,9-,10-,11-/m1/s1. The van der Waals surface area contributed by atoms with Crippen LogP contribution in [0.4, 0.5) is 0 Å². The van der Waals surface area contributed by atoms with Crippen LogP contribution in [0, 0.1) is 17.8 Å². The van der Waals surface area contributed by atoms with Crippen LogP contribution in [0.25, 0.3) is 0 Å². The van der Waals surface area contributed by atoms with Crippen molar-refractivity contribution in [3.05, 3.63) is 16.4 Å². The SMILES string of the molecule is C[C@@H](NC(=O)c1c(Br)cnn1C)[C@H]1C[C@@H]2CC[C@@H]1C2. The molecule has 0 radical (unpaired) electrons. The van der Waals surface area contributed by atoms with Gasteiger partial charge < -0.3 is 5.32 Å². The summed E-state index contributed by atoms with van der Waals surface area (Å²) >= 11 is 3.38. The third-order valence-corrected chi connectivity index (χ3v) is 5.48. The first kappa shape index (κ1) is 13.2. The molecular formula is C14H20BrN3O. The molecule has 1 heterocycles. The van der Waals surface area contributed by atoms with Crippen molar-refractivity contribution in [1.29, 1.82) is 0 Å². The van der Waals surface area contributed by atoms with Gasteiger partial charge in [0.15, 0.2) is 0 Å². The number of aryl methyl sites for hydroxylation is 1.